The molecule has 0 saturated carbocycles. The number of hydrazine groups is 1. The van der Waals surface area contributed by atoms with Crippen molar-refractivity contribution in [1.29, 1.82) is 0 Å². The molecule has 0 aliphatic heterocycles. The molecule has 3 aromatic rings. The number of hydrogen-bond donors (Lipinski definition) is 2. The van der Waals surface area contributed by atoms with Crippen molar-refractivity contribution in [3.8, 4) is 5.75 Å². The third-order valence-electron chi connectivity index (χ3n) is 5.12. The van der Waals surface area contributed by atoms with Gasteiger partial charge in [0.05, 0.1) is 11.0 Å². The lowest BCUT2D eigenvalue weighted by molar-refractivity contribution is -0.129. The number of halogens is 1. The molecule has 1 aromatic heterocycles. The Morgan fingerprint density at radius 1 is 1.10 bits per heavy atom. The fraction of sp³-hybridized carbons (Fsp3) is 0.261. The minimum absolute atomic E-state index is 0.00341. The van der Waals surface area contributed by atoms with Gasteiger partial charge in [-0.1, -0.05) is 35.9 Å². The summed E-state index contributed by atoms with van der Waals surface area (Å²) in [5.74, 6) is 0.957. The first kappa shape index (κ1) is 20.9. The van der Waals surface area contributed by atoms with Crippen molar-refractivity contribution in [2.24, 2.45) is 5.92 Å². The highest BCUT2D eigenvalue weighted by Gasteiger charge is 2.17. The zero-order valence-electron chi connectivity index (χ0n) is 16.9. The van der Waals surface area contributed by atoms with Crippen molar-refractivity contribution in [3.63, 3.8) is 0 Å². The monoisotopic (exact) mass is 438 g/mol. The molecule has 1 unspecified atom stereocenters. The number of carbonyl (C=O) groups is 2. The highest BCUT2D eigenvalue weighted by Crippen LogP contribution is 2.21. The summed E-state index contributed by atoms with van der Waals surface area (Å²) in [6.07, 6.45) is 6.46. The van der Waals surface area contributed by atoms with Crippen molar-refractivity contribution >= 4 is 34.4 Å². The Labute approximate surface area is 185 Å². The molecule has 2 N–H and O–H groups in total. The van der Waals surface area contributed by atoms with Gasteiger partial charge < -0.3 is 9.30 Å². The molecule has 8 heteroatoms. The van der Waals surface area contributed by atoms with Gasteiger partial charge in [-0.3, -0.25) is 20.4 Å². The summed E-state index contributed by atoms with van der Waals surface area (Å²) in [4.78, 5) is 29.2. The predicted octanol–water partition coefficient (Wildman–Crippen LogP) is 3.77. The summed E-state index contributed by atoms with van der Waals surface area (Å²) in [6.45, 7) is 0.188. The molecule has 2 amide bonds. The van der Waals surface area contributed by atoms with Crippen molar-refractivity contribution in [2.75, 3.05) is 0 Å². The summed E-state index contributed by atoms with van der Waals surface area (Å²) in [7, 11) is 0. The van der Waals surface area contributed by atoms with Gasteiger partial charge in [-0.2, -0.15) is 0 Å². The number of hydrogen-bond acceptors (Lipinski definition) is 4. The Hall–Kier alpha value is -3.32. The number of fused-ring (bicyclic) bond motifs is 1. The van der Waals surface area contributed by atoms with E-state index in [1.54, 1.807) is 28.8 Å². The van der Waals surface area contributed by atoms with Crippen LogP contribution in [0.4, 0.5) is 0 Å². The Kier molecular flexibility index (Phi) is 6.52. The molecule has 1 heterocycles. The third kappa shape index (κ3) is 5.44. The third-order valence-corrected chi connectivity index (χ3v) is 5.37. The Balaban J connectivity index is 1.41. The van der Waals surface area contributed by atoms with Crippen molar-refractivity contribution in [2.45, 2.75) is 32.4 Å². The maximum absolute atomic E-state index is 12.5. The number of nitrogens with zero attached hydrogens (tertiary/aromatic N) is 2. The molecule has 160 valence electrons. The quantitative estimate of drug-likeness (QED) is 0.434. The summed E-state index contributed by atoms with van der Waals surface area (Å²) in [5.41, 5.74) is 6.58. The van der Waals surface area contributed by atoms with Crippen LogP contribution in [0.2, 0.25) is 5.02 Å². The predicted molar refractivity (Wildman–Crippen MR) is 118 cm³/mol. The molecule has 0 spiro atoms. The van der Waals surface area contributed by atoms with Gasteiger partial charge in [0.2, 0.25) is 5.91 Å². The SMILES string of the molecule is O=C(CC1C=CCC1)NNC(=O)Cn1c(COc2ccc(Cl)cc2)nc2ccccc21. The summed E-state index contributed by atoms with van der Waals surface area (Å²) in [5, 5.41) is 0.627. The van der Waals surface area contributed by atoms with Gasteiger partial charge in [0, 0.05) is 11.4 Å². The maximum atomic E-state index is 12.5. The fourth-order valence-electron chi connectivity index (χ4n) is 3.57. The van der Waals surface area contributed by atoms with Crippen LogP contribution < -0.4 is 15.6 Å². The number of amides is 2. The van der Waals surface area contributed by atoms with Crippen molar-refractivity contribution in [3.05, 3.63) is 71.5 Å². The second kappa shape index (κ2) is 9.66. The van der Waals surface area contributed by atoms with Gasteiger partial charge in [-0.15, -0.1) is 0 Å². The van der Waals surface area contributed by atoms with Gasteiger partial charge in [-0.05, 0) is 55.2 Å². The Bertz CT molecular complexity index is 1110. The molecule has 0 saturated heterocycles. The molecule has 1 aliphatic rings. The van der Waals surface area contributed by atoms with Gasteiger partial charge in [0.25, 0.3) is 5.91 Å². The Morgan fingerprint density at radius 2 is 1.87 bits per heavy atom. The number of benzene rings is 2. The average Bonchev–Trinajstić information content (AvgIpc) is 3.40. The first-order chi connectivity index (χ1) is 15.1. The fourth-order valence-corrected chi connectivity index (χ4v) is 3.69. The first-order valence-electron chi connectivity index (χ1n) is 10.2. The van der Waals surface area contributed by atoms with Gasteiger partial charge in [-0.25, -0.2) is 4.98 Å². The lowest BCUT2D eigenvalue weighted by Gasteiger charge is -2.12. The molecule has 1 aliphatic carbocycles. The molecule has 31 heavy (non-hydrogen) atoms. The number of rotatable bonds is 7. The van der Waals surface area contributed by atoms with Crippen LogP contribution in [0.5, 0.6) is 5.75 Å². The first-order valence-corrected chi connectivity index (χ1v) is 10.5. The van der Waals surface area contributed by atoms with Crippen LogP contribution in [0.1, 0.15) is 25.1 Å². The van der Waals surface area contributed by atoms with Gasteiger partial charge in [0.1, 0.15) is 24.7 Å². The van der Waals surface area contributed by atoms with E-state index in [1.807, 2.05) is 30.3 Å². The molecule has 1 atom stereocenters. The summed E-state index contributed by atoms with van der Waals surface area (Å²) >= 11 is 5.91. The molecule has 0 fully saturated rings. The highest BCUT2D eigenvalue weighted by molar-refractivity contribution is 6.30. The van der Waals surface area contributed by atoms with E-state index in [4.69, 9.17) is 16.3 Å². The maximum Gasteiger partial charge on any atom is 0.258 e. The number of carbonyl (C=O) groups excluding carboxylic acids is 2. The van der Waals surface area contributed by atoms with Crippen LogP contribution in [0.15, 0.2) is 60.7 Å². The number of nitrogens with one attached hydrogen (secondary N) is 2. The largest absolute Gasteiger partial charge is 0.486 e. The van der Waals surface area contributed by atoms with E-state index < -0.39 is 0 Å². The number of allylic oxidation sites excluding steroid dienone is 2. The van der Waals surface area contributed by atoms with Crippen LogP contribution >= 0.6 is 11.6 Å². The second-order valence-electron chi connectivity index (χ2n) is 7.41. The number of ether oxygens (including phenoxy) is 1. The normalized spacial score (nSPS) is 15.2. The molecule has 4 rings (SSSR count). The average molecular weight is 439 g/mol. The van der Waals surface area contributed by atoms with E-state index in [-0.39, 0.29) is 30.9 Å². The minimum atomic E-state index is -0.341. The van der Waals surface area contributed by atoms with E-state index in [9.17, 15) is 9.59 Å². The van der Waals surface area contributed by atoms with Crippen molar-refractivity contribution < 1.29 is 14.3 Å². The van der Waals surface area contributed by atoms with Crippen LogP contribution in [0, 0.1) is 5.92 Å². The number of aromatic nitrogens is 2. The lowest BCUT2D eigenvalue weighted by Crippen LogP contribution is -2.43. The van der Waals surface area contributed by atoms with Crippen molar-refractivity contribution in [1.82, 2.24) is 20.4 Å². The zero-order chi connectivity index (χ0) is 21.6. The van der Waals surface area contributed by atoms with E-state index in [0.29, 0.717) is 23.0 Å². The summed E-state index contributed by atoms with van der Waals surface area (Å²) < 4.78 is 7.61. The second-order valence-corrected chi connectivity index (χ2v) is 7.85. The van der Waals surface area contributed by atoms with E-state index in [0.717, 1.165) is 23.9 Å². The zero-order valence-corrected chi connectivity index (χ0v) is 17.6. The standard InChI is InChI=1S/C23H23ClN4O3/c24-17-9-11-18(12-10-17)31-15-21-25-19-7-3-4-8-20(19)28(21)14-23(30)27-26-22(29)13-16-5-1-2-6-16/h1,3-5,7-12,16H,2,6,13-15H2,(H,26,29)(H,27,30). The summed E-state index contributed by atoms with van der Waals surface area (Å²) in [6, 6.07) is 14.6. The molecule has 7 nitrogen and oxygen atoms in total. The van der Waals surface area contributed by atoms with Crippen LogP contribution in [-0.4, -0.2) is 21.4 Å². The number of imidazole rings is 1. The highest BCUT2D eigenvalue weighted by atomic mass is 35.5. The molecular formula is C23H23ClN4O3. The van der Waals surface area contributed by atoms with Crippen LogP contribution in [0.3, 0.4) is 0 Å². The van der Waals surface area contributed by atoms with Gasteiger partial charge in [0.15, 0.2) is 0 Å². The van der Waals surface area contributed by atoms with Crippen LogP contribution in [-0.2, 0) is 22.7 Å². The van der Waals surface area contributed by atoms with E-state index >= 15 is 0 Å². The topological polar surface area (TPSA) is 85.2 Å². The van der Waals surface area contributed by atoms with E-state index in [1.165, 1.54) is 0 Å². The van der Waals surface area contributed by atoms with Gasteiger partial charge >= 0.3 is 0 Å². The van der Waals surface area contributed by atoms with Crippen LogP contribution in [0.25, 0.3) is 11.0 Å². The smallest absolute Gasteiger partial charge is 0.258 e. The minimum Gasteiger partial charge on any atom is -0.486 e. The molecule has 0 radical (unpaired) electrons. The number of para-hydroxylation sites is 2. The molecule has 0 bridgehead atoms. The lowest BCUT2D eigenvalue weighted by atomic mass is 10.1. The molecular weight excluding hydrogens is 416 g/mol. The van der Waals surface area contributed by atoms with E-state index in [2.05, 4.69) is 21.9 Å². The molecule has 2 aromatic carbocycles. The Morgan fingerprint density at radius 3 is 2.65 bits per heavy atom.